The molecule has 0 bridgehead atoms. The second kappa shape index (κ2) is 7.98. The van der Waals surface area contributed by atoms with Gasteiger partial charge in [-0.15, -0.1) is 0 Å². The molecule has 1 saturated heterocycles. The number of alkyl halides is 3. The number of rotatable bonds is 2. The van der Waals surface area contributed by atoms with E-state index in [0.717, 1.165) is 41.3 Å². The molecule has 9 heteroatoms. The number of aromatic nitrogens is 3. The average molecular weight is 437 g/mol. The zero-order valence-corrected chi connectivity index (χ0v) is 18.3. The maximum absolute atomic E-state index is 13.1. The number of hydrogen-bond donors (Lipinski definition) is 2. The van der Waals surface area contributed by atoms with Gasteiger partial charge in [-0.1, -0.05) is 6.92 Å². The molecule has 3 heterocycles. The van der Waals surface area contributed by atoms with Gasteiger partial charge in [0.2, 0.25) is 0 Å². The molecule has 0 spiro atoms. The Kier molecular flexibility index (Phi) is 5.64. The molecule has 2 aliphatic rings. The predicted molar refractivity (Wildman–Crippen MR) is 113 cm³/mol. The smallest absolute Gasteiger partial charge is 0.370 e. The van der Waals surface area contributed by atoms with Crippen LogP contribution >= 0.6 is 0 Å². The monoisotopic (exact) mass is 436 g/mol. The fourth-order valence-corrected chi connectivity index (χ4v) is 5.24. The molecular formula is C22H31F3N6. The largest absolute Gasteiger partial charge is 0.391 e. The highest BCUT2D eigenvalue weighted by Gasteiger charge is 2.42. The van der Waals surface area contributed by atoms with Gasteiger partial charge in [0.1, 0.15) is 0 Å². The van der Waals surface area contributed by atoms with Gasteiger partial charge in [0.05, 0.1) is 17.3 Å². The molecule has 2 aromatic heterocycles. The standard InChI is InChI=1S/C22H31F3N6/c1-12-8-9-30(21(26)27)11-17(12)20-13(2)14(3)28-19-10-18(29-31(19)20)15-4-6-16(7-5-15)22(23,24)25/h10,12,15-17H,4-9,11H2,1-3H3,(H3,26,27)/t12-,15-,16-,17+/m1/s1. The van der Waals surface area contributed by atoms with Gasteiger partial charge in [-0.25, -0.2) is 9.50 Å². The fraction of sp³-hybridized carbons (Fsp3) is 0.682. The lowest BCUT2D eigenvalue weighted by Crippen LogP contribution is -2.45. The highest BCUT2D eigenvalue weighted by atomic mass is 19.4. The second-order valence-corrected chi connectivity index (χ2v) is 9.34. The molecule has 4 rings (SSSR count). The van der Waals surface area contributed by atoms with Crippen LogP contribution in [0.2, 0.25) is 0 Å². The number of hydrogen-bond acceptors (Lipinski definition) is 3. The van der Waals surface area contributed by atoms with Gasteiger partial charge in [-0.05, 0) is 57.4 Å². The van der Waals surface area contributed by atoms with Gasteiger partial charge < -0.3 is 10.6 Å². The maximum atomic E-state index is 13.1. The van der Waals surface area contributed by atoms with Gasteiger partial charge >= 0.3 is 6.18 Å². The summed E-state index contributed by atoms with van der Waals surface area (Å²) in [6, 6.07) is 1.95. The van der Waals surface area contributed by atoms with Crippen molar-refractivity contribution < 1.29 is 13.2 Å². The number of guanidine groups is 1. The molecule has 2 fully saturated rings. The van der Waals surface area contributed by atoms with Crippen molar-refractivity contribution in [3.05, 3.63) is 28.7 Å². The van der Waals surface area contributed by atoms with Crippen LogP contribution in [0.15, 0.2) is 6.07 Å². The van der Waals surface area contributed by atoms with E-state index in [1.54, 1.807) is 0 Å². The SMILES string of the molecule is Cc1nc2cc([C@H]3CC[C@H](C(F)(F)F)CC3)nn2c([C@H]2CN(C(=N)N)CC[C@H]2C)c1C. The minimum atomic E-state index is -4.10. The number of piperidine rings is 1. The molecule has 170 valence electrons. The number of nitrogens with zero attached hydrogens (tertiary/aromatic N) is 4. The molecule has 1 aliphatic heterocycles. The van der Waals surface area contributed by atoms with Gasteiger partial charge in [-0.3, -0.25) is 5.41 Å². The van der Waals surface area contributed by atoms with Crippen molar-refractivity contribution in [2.45, 2.75) is 70.9 Å². The van der Waals surface area contributed by atoms with Crippen molar-refractivity contribution in [2.75, 3.05) is 13.1 Å². The molecule has 31 heavy (non-hydrogen) atoms. The lowest BCUT2D eigenvalue weighted by atomic mass is 9.80. The zero-order valence-electron chi connectivity index (χ0n) is 18.3. The van der Waals surface area contributed by atoms with Crippen molar-refractivity contribution in [1.29, 1.82) is 5.41 Å². The molecule has 3 N–H and O–H groups in total. The molecule has 6 nitrogen and oxygen atoms in total. The summed E-state index contributed by atoms with van der Waals surface area (Å²) in [6.07, 6.45) is -1.85. The van der Waals surface area contributed by atoms with Crippen LogP contribution in [-0.2, 0) is 0 Å². The molecule has 0 unspecified atom stereocenters. The van der Waals surface area contributed by atoms with E-state index in [2.05, 4.69) is 6.92 Å². The normalized spacial score (nSPS) is 27.6. The van der Waals surface area contributed by atoms with E-state index in [9.17, 15) is 13.2 Å². The minimum Gasteiger partial charge on any atom is -0.370 e. The molecule has 2 aromatic rings. The summed E-state index contributed by atoms with van der Waals surface area (Å²) in [5, 5.41) is 12.7. The van der Waals surface area contributed by atoms with Gasteiger partial charge in [0, 0.05) is 36.7 Å². The Bertz CT molecular complexity index is 974. The van der Waals surface area contributed by atoms with E-state index in [1.807, 2.05) is 29.3 Å². The number of fused-ring (bicyclic) bond motifs is 1. The van der Waals surface area contributed by atoms with Gasteiger partial charge in [0.25, 0.3) is 0 Å². The summed E-state index contributed by atoms with van der Waals surface area (Å²) < 4.78 is 41.1. The predicted octanol–water partition coefficient (Wildman–Crippen LogP) is 4.50. The highest BCUT2D eigenvalue weighted by molar-refractivity contribution is 5.74. The van der Waals surface area contributed by atoms with E-state index in [0.29, 0.717) is 25.3 Å². The third kappa shape index (κ3) is 4.11. The number of nitrogens with one attached hydrogen (secondary N) is 1. The zero-order chi connectivity index (χ0) is 22.5. The van der Waals surface area contributed by atoms with E-state index >= 15 is 0 Å². The van der Waals surface area contributed by atoms with Crippen LogP contribution in [0, 0.1) is 31.1 Å². The second-order valence-electron chi connectivity index (χ2n) is 9.34. The van der Waals surface area contributed by atoms with E-state index in [1.165, 1.54) is 0 Å². The first-order valence-corrected chi connectivity index (χ1v) is 11.1. The molecule has 1 aliphatic carbocycles. The number of likely N-dealkylation sites (tertiary alicyclic amines) is 1. The summed E-state index contributed by atoms with van der Waals surface area (Å²) >= 11 is 0. The lowest BCUT2D eigenvalue weighted by molar-refractivity contribution is -0.182. The van der Waals surface area contributed by atoms with Crippen LogP contribution in [0.25, 0.3) is 5.65 Å². The minimum absolute atomic E-state index is 0.0336. The lowest BCUT2D eigenvalue weighted by Gasteiger charge is -2.38. The Morgan fingerprint density at radius 3 is 2.45 bits per heavy atom. The molecule has 0 amide bonds. The maximum Gasteiger partial charge on any atom is 0.391 e. The first-order valence-electron chi connectivity index (χ1n) is 11.1. The van der Waals surface area contributed by atoms with Crippen LogP contribution < -0.4 is 5.73 Å². The summed E-state index contributed by atoms with van der Waals surface area (Å²) in [5.74, 6) is -0.533. The van der Waals surface area contributed by atoms with Gasteiger partial charge in [0.15, 0.2) is 11.6 Å². The van der Waals surface area contributed by atoms with E-state index in [-0.39, 0.29) is 30.6 Å². The van der Waals surface area contributed by atoms with Crippen LogP contribution in [0.3, 0.4) is 0 Å². The number of aryl methyl sites for hydroxylation is 1. The quantitative estimate of drug-likeness (QED) is 0.536. The number of halogens is 3. The Morgan fingerprint density at radius 2 is 1.84 bits per heavy atom. The van der Waals surface area contributed by atoms with Crippen molar-refractivity contribution in [3.8, 4) is 0 Å². The first-order chi connectivity index (χ1) is 14.6. The van der Waals surface area contributed by atoms with Crippen molar-refractivity contribution in [2.24, 2.45) is 17.6 Å². The molecule has 1 saturated carbocycles. The highest BCUT2D eigenvalue weighted by Crippen LogP contribution is 2.43. The third-order valence-electron chi connectivity index (χ3n) is 7.41. The molecule has 0 aromatic carbocycles. The van der Waals surface area contributed by atoms with E-state index in [4.69, 9.17) is 21.2 Å². The summed E-state index contributed by atoms with van der Waals surface area (Å²) in [4.78, 5) is 6.62. The summed E-state index contributed by atoms with van der Waals surface area (Å²) in [7, 11) is 0. The van der Waals surface area contributed by atoms with Crippen molar-refractivity contribution in [1.82, 2.24) is 19.5 Å². The molecule has 0 radical (unpaired) electrons. The van der Waals surface area contributed by atoms with Crippen LogP contribution in [0.5, 0.6) is 0 Å². The fourth-order valence-electron chi connectivity index (χ4n) is 5.24. The van der Waals surface area contributed by atoms with Crippen LogP contribution in [0.4, 0.5) is 13.2 Å². The first kappa shape index (κ1) is 21.9. The Labute approximate surface area is 180 Å². The topological polar surface area (TPSA) is 83.3 Å². The van der Waals surface area contributed by atoms with Crippen LogP contribution in [0.1, 0.15) is 73.5 Å². The molecular weight excluding hydrogens is 405 g/mol. The Morgan fingerprint density at radius 1 is 1.16 bits per heavy atom. The number of nitrogens with two attached hydrogens (primary N) is 1. The summed E-state index contributed by atoms with van der Waals surface area (Å²) in [5.41, 5.74) is 10.4. The van der Waals surface area contributed by atoms with E-state index < -0.39 is 12.1 Å². The average Bonchev–Trinajstić information content (AvgIpc) is 3.12. The Hall–Kier alpha value is -2.32. The van der Waals surface area contributed by atoms with Gasteiger partial charge in [-0.2, -0.15) is 18.3 Å². The Balaban J connectivity index is 1.68. The van der Waals surface area contributed by atoms with Crippen molar-refractivity contribution in [3.63, 3.8) is 0 Å². The molecule has 2 atom stereocenters. The van der Waals surface area contributed by atoms with Crippen LogP contribution in [-0.4, -0.2) is 44.7 Å². The van der Waals surface area contributed by atoms with Crippen molar-refractivity contribution >= 4 is 11.6 Å². The summed E-state index contributed by atoms with van der Waals surface area (Å²) in [6.45, 7) is 7.67. The third-order valence-corrected chi connectivity index (χ3v) is 7.41.